The maximum Gasteiger partial charge on any atom is 0.191 e. The molecule has 3 rings (SSSR count). The number of rotatable bonds is 7. The summed E-state index contributed by atoms with van der Waals surface area (Å²) in [7, 11) is 1.87. The fourth-order valence-corrected chi connectivity index (χ4v) is 4.84. The maximum absolute atomic E-state index is 4.42. The van der Waals surface area contributed by atoms with Crippen LogP contribution in [0.25, 0.3) is 0 Å². The van der Waals surface area contributed by atoms with E-state index in [4.69, 9.17) is 0 Å². The number of guanidine groups is 1. The van der Waals surface area contributed by atoms with E-state index in [-0.39, 0.29) is 0 Å². The lowest BCUT2D eigenvalue weighted by atomic mass is 9.99. The van der Waals surface area contributed by atoms with Crippen molar-refractivity contribution in [1.82, 2.24) is 20.4 Å². The topological polar surface area (TPSA) is 42.9 Å². The highest BCUT2D eigenvalue weighted by Crippen LogP contribution is 2.27. The van der Waals surface area contributed by atoms with Crippen molar-refractivity contribution in [3.8, 4) is 0 Å². The highest BCUT2D eigenvalue weighted by molar-refractivity contribution is 7.10. The van der Waals surface area contributed by atoms with Gasteiger partial charge in [0.05, 0.1) is 6.04 Å². The van der Waals surface area contributed by atoms with E-state index in [1.165, 1.54) is 56.7 Å². The third-order valence-electron chi connectivity index (χ3n) is 5.74. The second-order valence-corrected chi connectivity index (χ2v) is 8.66. The van der Waals surface area contributed by atoms with Crippen LogP contribution in [-0.4, -0.2) is 68.6 Å². The smallest absolute Gasteiger partial charge is 0.191 e. The van der Waals surface area contributed by atoms with Crippen LogP contribution in [-0.2, 0) is 0 Å². The molecule has 2 saturated heterocycles. The van der Waals surface area contributed by atoms with Crippen molar-refractivity contribution in [1.29, 1.82) is 0 Å². The van der Waals surface area contributed by atoms with Crippen molar-refractivity contribution in [2.24, 2.45) is 10.9 Å². The average Bonchev–Trinajstić information content (AvgIpc) is 3.36. The minimum absolute atomic E-state index is 0.458. The normalized spacial score (nSPS) is 21.8. The Morgan fingerprint density at radius 2 is 2.00 bits per heavy atom. The fourth-order valence-electron chi connectivity index (χ4n) is 3.98. The fraction of sp³-hybridized carbons (Fsp3) is 0.750. The van der Waals surface area contributed by atoms with Crippen molar-refractivity contribution in [2.75, 3.05) is 52.9 Å². The van der Waals surface area contributed by atoms with Gasteiger partial charge in [-0.3, -0.25) is 9.89 Å². The molecule has 1 aromatic heterocycles. The summed E-state index contributed by atoms with van der Waals surface area (Å²) in [5, 5.41) is 9.25. The molecule has 6 heteroatoms. The zero-order valence-corrected chi connectivity index (χ0v) is 17.2. The van der Waals surface area contributed by atoms with E-state index in [9.17, 15) is 0 Å². The van der Waals surface area contributed by atoms with Gasteiger partial charge >= 0.3 is 0 Å². The lowest BCUT2D eigenvalue weighted by Gasteiger charge is -2.30. The first-order valence-corrected chi connectivity index (χ1v) is 11.1. The van der Waals surface area contributed by atoms with Crippen molar-refractivity contribution in [2.45, 2.75) is 38.6 Å². The van der Waals surface area contributed by atoms with Crippen LogP contribution in [0, 0.1) is 5.92 Å². The molecule has 2 fully saturated rings. The predicted molar refractivity (Wildman–Crippen MR) is 112 cm³/mol. The molecule has 0 radical (unpaired) electrons. The number of nitrogens with zero attached hydrogens (tertiary/aromatic N) is 3. The number of nitrogens with one attached hydrogen (secondary N) is 2. The molecule has 1 aromatic rings. The van der Waals surface area contributed by atoms with Gasteiger partial charge in [-0.2, -0.15) is 0 Å². The summed E-state index contributed by atoms with van der Waals surface area (Å²) in [5.74, 6) is 1.82. The molecule has 0 spiro atoms. The Hall–Kier alpha value is -1.11. The number of aliphatic imine (C=N–C) groups is 1. The van der Waals surface area contributed by atoms with Gasteiger partial charge < -0.3 is 15.5 Å². The van der Waals surface area contributed by atoms with E-state index in [1.54, 1.807) is 0 Å². The Morgan fingerprint density at radius 1 is 1.23 bits per heavy atom. The Bertz CT molecular complexity index is 530. The van der Waals surface area contributed by atoms with Gasteiger partial charge in [-0.05, 0) is 69.2 Å². The third-order valence-corrected chi connectivity index (χ3v) is 6.71. The Balaban J connectivity index is 1.43. The van der Waals surface area contributed by atoms with Crippen LogP contribution in [0.2, 0.25) is 0 Å². The van der Waals surface area contributed by atoms with Gasteiger partial charge in [0.15, 0.2) is 5.96 Å². The first-order valence-electron chi connectivity index (χ1n) is 10.2. The van der Waals surface area contributed by atoms with Gasteiger partial charge in [0.25, 0.3) is 0 Å². The lowest BCUT2D eigenvalue weighted by Crippen LogP contribution is -2.45. The maximum atomic E-state index is 4.42. The van der Waals surface area contributed by atoms with Gasteiger partial charge in [-0.1, -0.05) is 13.0 Å². The van der Waals surface area contributed by atoms with E-state index in [0.717, 1.165) is 31.5 Å². The van der Waals surface area contributed by atoms with Crippen LogP contribution >= 0.6 is 11.3 Å². The van der Waals surface area contributed by atoms with Crippen molar-refractivity contribution < 1.29 is 0 Å². The quantitative estimate of drug-likeness (QED) is 0.566. The first-order chi connectivity index (χ1) is 12.8. The summed E-state index contributed by atoms with van der Waals surface area (Å²) in [6, 6.07) is 4.89. The molecular weight excluding hydrogens is 342 g/mol. The van der Waals surface area contributed by atoms with E-state index in [2.05, 4.69) is 49.9 Å². The van der Waals surface area contributed by atoms with Crippen LogP contribution in [0.3, 0.4) is 0 Å². The number of hydrogen-bond donors (Lipinski definition) is 2. The van der Waals surface area contributed by atoms with Crippen molar-refractivity contribution >= 4 is 17.3 Å². The zero-order valence-electron chi connectivity index (χ0n) is 16.4. The largest absolute Gasteiger partial charge is 0.355 e. The second kappa shape index (κ2) is 10.3. The summed E-state index contributed by atoms with van der Waals surface area (Å²) in [4.78, 5) is 11.1. The Morgan fingerprint density at radius 3 is 2.65 bits per heavy atom. The average molecular weight is 378 g/mol. The van der Waals surface area contributed by atoms with Crippen LogP contribution in [0.4, 0.5) is 0 Å². The molecule has 2 aliphatic rings. The molecule has 2 aliphatic heterocycles. The molecule has 146 valence electrons. The number of piperidine rings is 1. The molecule has 2 N–H and O–H groups in total. The van der Waals surface area contributed by atoms with Gasteiger partial charge in [0.1, 0.15) is 0 Å². The van der Waals surface area contributed by atoms with Crippen LogP contribution in [0.1, 0.15) is 43.5 Å². The van der Waals surface area contributed by atoms with Gasteiger partial charge in [-0.15, -0.1) is 11.3 Å². The molecule has 5 nitrogen and oxygen atoms in total. The summed E-state index contributed by atoms with van der Waals surface area (Å²) in [6.45, 7) is 10.3. The van der Waals surface area contributed by atoms with Crippen LogP contribution < -0.4 is 10.6 Å². The van der Waals surface area contributed by atoms with E-state index < -0.39 is 0 Å². The summed E-state index contributed by atoms with van der Waals surface area (Å²) in [5.41, 5.74) is 0. The van der Waals surface area contributed by atoms with Crippen LogP contribution in [0.5, 0.6) is 0 Å². The zero-order chi connectivity index (χ0) is 18.2. The highest BCUT2D eigenvalue weighted by Gasteiger charge is 2.24. The van der Waals surface area contributed by atoms with Gasteiger partial charge in [-0.25, -0.2) is 0 Å². The minimum Gasteiger partial charge on any atom is -0.355 e. The monoisotopic (exact) mass is 377 g/mol. The summed E-state index contributed by atoms with van der Waals surface area (Å²) < 4.78 is 0. The molecule has 0 aromatic carbocycles. The van der Waals surface area contributed by atoms with E-state index >= 15 is 0 Å². The predicted octanol–water partition coefficient (Wildman–Crippen LogP) is 2.78. The first kappa shape index (κ1) is 19.6. The summed E-state index contributed by atoms with van der Waals surface area (Å²) in [6.07, 6.45) is 5.32. The molecule has 3 heterocycles. The molecule has 1 atom stereocenters. The van der Waals surface area contributed by atoms with Crippen molar-refractivity contribution in [3.63, 3.8) is 0 Å². The minimum atomic E-state index is 0.458. The lowest BCUT2D eigenvalue weighted by molar-refractivity contribution is 0.195. The molecule has 0 amide bonds. The van der Waals surface area contributed by atoms with Gasteiger partial charge in [0.2, 0.25) is 0 Å². The number of hydrogen-bond acceptors (Lipinski definition) is 4. The Kier molecular flexibility index (Phi) is 7.77. The van der Waals surface area contributed by atoms with Crippen LogP contribution in [0.15, 0.2) is 22.5 Å². The Labute approximate surface area is 162 Å². The number of likely N-dealkylation sites (tertiary alicyclic amines) is 2. The van der Waals surface area contributed by atoms with E-state index in [0.29, 0.717) is 6.04 Å². The molecule has 0 aliphatic carbocycles. The van der Waals surface area contributed by atoms with E-state index in [1.807, 2.05) is 18.4 Å². The molecule has 1 unspecified atom stereocenters. The third kappa shape index (κ3) is 5.69. The molecule has 26 heavy (non-hydrogen) atoms. The van der Waals surface area contributed by atoms with Crippen molar-refractivity contribution in [3.05, 3.63) is 22.4 Å². The molecule has 0 saturated carbocycles. The summed E-state index contributed by atoms with van der Waals surface area (Å²) >= 11 is 1.87. The highest BCUT2D eigenvalue weighted by atomic mass is 32.1. The molecular formula is C20H35N5S. The second-order valence-electron chi connectivity index (χ2n) is 7.68. The number of thiophene rings is 1. The SMILES string of the molecule is CN=C(NCCN1CCC(C)CC1)NCC(c1cccs1)N1CCCC1. The standard InChI is InChI=1S/C20H35N5S/c1-17-7-12-24(13-8-17)14-9-22-20(21-2)23-16-18(19-6-5-15-26-19)25-10-3-4-11-25/h5-6,15,17-18H,3-4,7-14,16H2,1-2H3,(H2,21,22,23). The molecule has 0 bridgehead atoms. The van der Waals surface area contributed by atoms with Gasteiger partial charge in [0, 0.05) is 31.6 Å².